The summed E-state index contributed by atoms with van der Waals surface area (Å²) >= 11 is 0. The van der Waals surface area contributed by atoms with Gasteiger partial charge in [-0.3, -0.25) is 0 Å². The maximum absolute atomic E-state index is 5.97. The summed E-state index contributed by atoms with van der Waals surface area (Å²) in [5, 5.41) is 4.85. The lowest BCUT2D eigenvalue weighted by atomic mass is 9.34. The van der Waals surface area contributed by atoms with E-state index >= 15 is 0 Å². The normalized spacial score (nSPS) is 12.4. The Morgan fingerprint density at radius 1 is 0.234 bits per heavy atom. The van der Waals surface area contributed by atoms with E-state index in [0.717, 1.165) is 95.0 Å². The van der Waals surface area contributed by atoms with Gasteiger partial charge in [-0.05, 0) is 218 Å². The van der Waals surface area contributed by atoms with Crippen LogP contribution in [-0.4, -0.2) is 25.8 Å². The van der Waals surface area contributed by atoms with Crippen LogP contribution in [0, 0.1) is 0 Å². The third-order valence-electron chi connectivity index (χ3n) is 22.6. The Bertz CT molecular complexity index is 6060. The fourth-order valence-corrected chi connectivity index (χ4v) is 17.1. The van der Waals surface area contributed by atoms with Crippen LogP contribution in [0.2, 0.25) is 0 Å². The van der Waals surface area contributed by atoms with E-state index in [4.69, 9.17) is 9.97 Å². The molecule has 5 heteroatoms. The minimum atomic E-state index is -0.205. The zero-order valence-electron chi connectivity index (χ0n) is 60.8. The number of benzene rings is 15. The molecule has 0 saturated carbocycles. The number of hydrogen-bond acceptors (Lipinski definition) is 2. The predicted octanol–water partition coefficient (Wildman–Crippen LogP) is 24.7. The number of aromatic nitrogens is 4. The molecule has 0 saturated heterocycles. The summed E-state index contributed by atoms with van der Waals surface area (Å²) in [6.07, 6.45) is 0. The van der Waals surface area contributed by atoms with Crippen molar-refractivity contribution < 1.29 is 0 Å². The smallest absolute Gasteiger partial charge is 0.252 e. The average molecular weight is 1370 g/mol. The van der Waals surface area contributed by atoms with Gasteiger partial charge in [-0.2, -0.15) is 0 Å². The summed E-state index contributed by atoms with van der Waals surface area (Å²) < 4.78 is 5.26. The zero-order valence-corrected chi connectivity index (χ0v) is 60.8. The lowest BCUT2D eigenvalue weighted by molar-refractivity contribution is 0.590. The minimum Gasteiger partial charge on any atom is -0.310 e. The Morgan fingerprint density at radius 3 is 0.860 bits per heavy atom. The highest BCUT2D eigenvalue weighted by Crippen LogP contribution is 2.46. The molecule has 15 aromatic carbocycles. The van der Waals surface area contributed by atoms with Crippen LogP contribution in [0.5, 0.6) is 0 Å². The maximum Gasteiger partial charge on any atom is 0.252 e. The van der Waals surface area contributed by atoms with Gasteiger partial charge in [0.1, 0.15) is 0 Å². The lowest BCUT2D eigenvalue weighted by Crippen LogP contribution is -2.59. The highest BCUT2D eigenvalue weighted by atomic mass is 15.0. The van der Waals surface area contributed by atoms with Gasteiger partial charge in [-0.1, -0.05) is 296 Å². The van der Waals surface area contributed by atoms with Gasteiger partial charge in [-0.15, -0.1) is 0 Å². The Morgan fingerprint density at radius 2 is 0.514 bits per heavy atom. The molecular formula is C102H75BN4. The first-order chi connectivity index (χ1) is 52.3. The molecule has 2 aliphatic rings. The molecule has 0 fully saturated rings. The summed E-state index contributed by atoms with van der Waals surface area (Å²) in [6.45, 7) is 13.6. The van der Waals surface area contributed by atoms with Gasteiger partial charge in [0.25, 0.3) is 6.71 Å². The molecule has 0 aliphatic carbocycles. The molecule has 0 N–H and O–H groups in total. The van der Waals surface area contributed by atoms with Gasteiger partial charge in [-0.25, -0.2) is 9.97 Å². The van der Waals surface area contributed by atoms with Crippen molar-refractivity contribution in [3.05, 3.63) is 357 Å². The fourth-order valence-electron chi connectivity index (χ4n) is 17.1. The topological polar surface area (TPSA) is 35.6 Å². The van der Waals surface area contributed by atoms with Crippen molar-refractivity contribution in [1.82, 2.24) is 19.1 Å². The minimum absolute atomic E-state index is 0.00577. The van der Waals surface area contributed by atoms with Crippen LogP contribution in [0.3, 0.4) is 0 Å². The number of fused-ring (bicyclic) bond motifs is 10. The van der Waals surface area contributed by atoms with Gasteiger partial charge in [0, 0.05) is 60.6 Å². The third kappa shape index (κ3) is 11.0. The van der Waals surface area contributed by atoms with Crippen molar-refractivity contribution in [2.75, 3.05) is 0 Å². The first kappa shape index (κ1) is 63.7. The van der Waals surface area contributed by atoms with Crippen LogP contribution in [0.4, 0.5) is 0 Å². The van der Waals surface area contributed by atoms with Gasteiger partial charge in [0.15, 0.2) is 5.82 Å². The molecule has 0 bridgehead atoms. The molecule has 506 valence electrons. The van der Waals surface area contributed by atoms with E-state index in [9.17, 15) is 0 Å². The van der Waals surface area contributed by atoms with Crippen LogP contribution in [0.1, 0.15) is 52.7 Å². The van der Waals surface area contributed by atoms with E-state index in [-0.39, 0.29) is 17.5 Å². The van der Waals surface area contributed by atoms with E-state index in [0.29, 0.717) is 5.82 Å². The number of rotatable bonds is 11. The molecule has 0 atom stereocenters. The Hall–Kier alpha value is -13.0. The van der Waals surface area contributed by atoms with Crippen LogP contribution >= 0.6 is 0 Å². The van der Waals surface area contributed by atoms with Crippen molar-refractivity contribution in [2.45, 2.75) is 52.4 Å². The van der Waals surface area contributed by atoms with Crippen molar-refractivity contribution >= 4 is 66.7 Å². The first-order valence-electron chi connectivity index (χ1n) is 37.4. The molecule has 3 aromatic heterocycles. The van der Waals surface area contributed by atoms with Crippen LogP contribution in [0.15, 0.2) is 346 Å². The molecule has 0 radical (unpaired) electrons. The van der Waals surface area contributed by atoms with Gasteiger partial charge in [0.2, 0.25) is 0 Å². The summed E-state index contributed by atoms with van der Waals surface area (Å²) in [5.41, 5.74) is 36.3. The molecule has 5 heterocycles. The lowest BCUT2D eigenvalue weighted by Gasteiger charge is -2.34. The molecule has 2 aliphatic heterocycles. The van der Waals surface area contributed by atoms with Crippen LogP contribution in [-0.2, 0) is 10.8 Å². The van der Waals surface area contributed by atoms with Crippen molar-refractivity contribution in [3.63, 3.8) is 0 Å². The second-order valence-corrected chi connectivity index (χ2v) is 31.3. The Balaban J connectivity index is 0.921. The standard InChI is InChI=1S/C102H75BN4/c1-101(2,3)83-43-37-70(38-44-83)78-57-87-85-55-72(64-25-13-7-14-26-64)41-47-93(85)106-95-61-81(62-96-97(95)103(89(59-78)98(87)106)90-60-79(71-39-45-84(46-40-71)102(4,5)6)58-88-86-56-73(65-27-15-8-16-28-65)42-48-94(86)107(96)99(88)90)92-63-91(80-51-74(66-29-17-9-18-30-66)49-75(52-80)67-31-19-10-20-32-67)104-100(105-92)82-53-76(68-33-21-11-22-34-68)50-77(54-82)69-35-23-12-24-36-69/h7-63H,1-6H3. The average Bonchev–Trinajstić information content (AvgIpc) is 1.57. The van der Waals surface area contributed by atoms with E-state index in [1.165, 1.54) is 105 Å². The monoisotopic (exact) mass is 1370 g/mol. The maximum atomic E-state index is 5.97. The molecule has 0 unspecified atom stereocenters. The molecule has 107 heavy (non-hydrogen) atoms. The largest absolute Gasteiger partial charge is 0.310 e. The molecular weight excluding hydrogens is 1290 g/mol. The number of hydrogen-bond donors (Lipinski definition) is 0. The van der Waals surface area contributed by atoms with Crippen molar-refractivity contribution in [2.24, 2.45) is 0 Å². The molecule has 0 spiro atoms. The van der Waals surface area contributed by atoms with Gasteiger partial charge < -0.3 is 9.13 Å². The summed E-state index contributed by atoms with van der Waals surface area (Å²) in [6, 6.07) is 129. The molecule has 20 rings (SSSR count). The van der Waals surface area contributed by atoms with Crippen LogP contribution in [0.25, 0.3) is 178 Å². The highest BCUT2D eigenvalue weighted by Gasteiger charge is 2.42. The fraction of sp³-hybridized carbons (Fsp3) is 0.0784. The Kier molecular flexibility index (Phi) is 14.8. The third-order valence-corrected chi connectivity index (χ3v) is 22.6. The highest BCUT2D eigenvalue weighted by molar-refractivity contribution is 7.00. The van der Waals surface area contributed by atoms with E-state index in [1.807, 2.05) is 0 Å². The Labute approximate surface area is 625 Å². The second-order valence-electron chi connectivity index (χ2n) is 31.3. The van der Waals surface area contributed by atoms with Gasteiger partial charge >= 0.3 is 0 Å². The predicted molar refractivity (Wildman–Crippen MR) is 453 cm³/mol. The van der Waals surface area contributed by atoms with Gasteiger partial charge in [0.05, 0.1) is 22.4 Å². The SMILES string of the molecule is CC(C)(C)c1ccc(-c2cc3c4c(c2)c2cc(-c5ccccc5)ccc2n4-c2cc(-c4cc(-c5cc(-c6ccccc6)cc(-c6ccccc6)c5)nc(-c5cc(-c6ccccc6)cc(-c6ccccc6)c5)n4)cc4c2B3c2cc(-c3ccc(C(C)(C)C)cc3)cc3c5cc(-c6ccccc6)ccc5n-4c23)cc1. The first-order valence-corrected chi connectivity index (χ1v) is 37.4. The molecule has 4 nitrogen and oxygen atoms in total. The quantitative estimate of drug-likeness (QED) is 0.121. The summed E-state index contributed by atoms with van der Waals surface area (Å²) in [7, 11) is 0. The van der Waals surface area contributed by atoms with Crippen molar-refractivity contribution in [1.29, 1.82) is 0 Å². The van der Waals surface area contributed by atoms with E-state index < -0.39 is 0 Å². The molecule has 18 aromatic rings. The van der Waals surface area contributed by atoms with Crippen LogP contribution < -0.4 is 16.4 Å². The second kappa shape index (κ2) is 24.9. The summed E-state index contributed by atoms with van der Waals surface area (Å²) in [5.74, 6) is 0.634. The molecule has 0 amide bonds. The van der Waals surface area contributed by atoms with E-state index in [1.54, 1.807) is 0 Å². The zero-order chi connectivity index (χ0) is 71.8. The van der Waals surface area contributed by atoms with Crippen molar-refractivity contribution in [3.8, 4) is 134 Å². The van der Waals surface area contributed by atoms with E-state index in [2.05, 4.69) is 396 Å². The number of nitrogens with zero attached hydrogens (tertiary/aromatic N) is 4. The summed E-state index contributed by atoms with van der Waals surface area (Å²) in [4.78, 5) is 11.8.